The second kappa shape index (κ2) is 8.95. The van der Waals surface area contributed by atoms with E-state index in [1.165, 1.54) is 11.6 Å². The number of aryl methyl sites for hydroxylation is 1. The number of carboxylic acids is 1. The summed E-state index contributed by atoms with van der Waals surface area (Å²) < 4.78 is 11.3. The van der Waals surface area contributed by atoms with Gasteiger partial charge < -0.3 is 19.9 Å². The van der Waals surface area contributed by atoms with Crippen LogP contribution in [-0.2, 0) is 13.2 Å². The fraction of sp³-hybridized carbons (Fsp3) is 0.174. The number of methoxy groups -OCH3 is 1. The summed E-state index contributed by atoms with van der Waals surface area (Å²) in [6.07, 6.45) is 0. The highest BCUT2D eigenvalue weighted by atomic mass is 16.5. The van der Waals surface area contributed by atoms with Crippen LogP contribution in [0.1, 0.15) is 27.0 Å². The maximum Gasteiger partial charge on any atom is 0.335 e. The van der Waals surface area contributed by atoms with Crippen LogP contribution in [-0.4, -0.2) is 18.2 Å². The zero-order valence-electron chi connectivity index (χ0n) is 15.9. The molecule has 0 saturated heterocycles. The predicted octanol–water partition coefficient (Wildman–Crippen LogP) is 4.89. The first kappa shape index (κ1) is 19.3. The fourth-order valence-electron chi connectivity index (χ4n) is 2.81. The molecule has 0 atom stereocenters. The van der Waals surface area contributed by atoms with Crippen LogP contribution in [0.2, 0.25) is 0 Å². The Hall–Kier alpha value is -3.47. The van der Waals surface area contributed by atoms with Crippen molar-refractivity contribution in [3.05, 3.63) is 89.0 Å². The molecule has 0 radical (unpaired) electrons. The Bertz CT molecular complexity index is 951. The molecule has 0 spiro atoms. The van der Waals surface area contributed by atoms with Crippen LogP contribution in [0.4, 0.5) is 5.69 Å². The number of carbonyl (C=O) groups is 1. The zero-order chi connectivity index (χ0) is 19.9. The van der Waals surface area contributed by atoms with E-state index < -0.39 is 5.97 Å². The molecule has 0 unspecified atom stereocenters. The Kier molecular flexibility index (Phi) is 6.17. The topological polar surface area (TPSA) is 67.8 Å². The van der Waals surface area contributed by atoms with Gasteiger partial charge in [0, 0.05) is 12.1 Å². The standard InChI is InChI=1S/C23H23NO4/c1-16-7-9-17(10-8-16)15-28-21-6-4-3-5-19(21)14-24-20-13-18(23(25)26)11-12-22(20)27-2/h3-13,24H,14-15H2,1-2H3,(H,25,26). The van der Waals surface area contributed by atoms with Crippen molar-refractivity contribution in [2.45, 2.75) is 20.1 Å². The van der Waals surface area contributed by atoms with Gasteiger partial charge >= 0.3 is 5.97 Å². The number of ether oxygens (including phenoxy) is 2. The van der Waals surface area contributed by atoms with Crippen LogP contribution in [0, 0.1) is 6.92 Å². The van der Waals surface area contributed by atoms with Crippen LogP contribution in [0.5, 0.6) is 11.5 Å². The summed E-state index contributed by atoms with van der Waals surface area (Å²) in [7, 11) is 1.56. The number of para-hydroxylation sites is 1. The molecule has 3 rings (SSSR count). The van der Waals surface area contributed by atoms with Crippen LogP contribution >= 0.6 is 0 Å². The summed E-state index contributed by atoms with van der Waals surface area (Å²) in [6, 6.07) is 20.7. The highest BCUT2D eigenvalue weighted by molar-refractivity contribution is 5.89. The Morgan fingerprint density at radius 3 is 2.46 bits per heavy atom. The average Bonchev–Trinajstić information content (AvgIpc) is 2.72. The second-order valence-corrected chi connectivity index (χ2v) is 6.46. The van der Waals surface area contributed by atoms with Crippen LogP contribution in [0.3, 0.4) is 0 Å². The molecule has 0 amide bonds. The minimum atomic E-state index is -0.979. The lowest BCUT2D eigenvalue weighted by Crippen LogP contribution is -2.06. The van der Waals surface area contributed by atoms with E-state index in [0.29, 0.717) is 24.6 Å². The molecule has 0 bridgehead atoms. The number of carboxylic acid groups (broad SMARTS) is 1. The van der Waals surface area contributed by atoms with Gasteiger partial charge in [-0.1, -0.05) is 48.0 Å². The van der Waals surface area contributed by atoms with Crippen LogP contribution < -0.4 is 14.8 Å². The van der Waals surface area contributed by atoms with E-state index in [2.05, 4.69) is 36.5 Å². The van der Waals surface area contributed by atoms with Crippen molar-refractivity contribution in [1.82, 2.24) is 0 Å². The molecule has 2 N–H and O–H groups in total. The molecule has 0 aromatic heterocycles. The molecule has 5 heteroatoms. The van der Waals surface area contributed by atoms with Gasteiger partial charge in [-0.3, -0.25) is 0 Å². The Labute approximate surface area is 164 Å². The molecule has 0 aliphatic carbocycles. The zero-order valence-corrected chi connectivity index (χ0v) is 15.9. The number of anilines is 1. The fourth-order valence-corrected chi connectivity index (χ4v) is 2.81. The van der Waals surface area contributed by atoms with E-state index >= 15 is 0 Å². The molecule has 0 saturated carbocycles. The van der Waals surface area contributed by atoms with Crippen LogP contribution in [0.25, 0.3) is 0 Å². The molecular formula is C23H23NO4. The van der Waals surface area contributed by atoms with Gasteiger partial charge in [-0.2, -0.15) is 0 Å². The van der Waals surface area contributed by atoms with Crippen molar-refractivity contribution in [3.63, 3.8) is 0 Å². The second-order valence-electron chi connectivity index (χ2n) is 6.46. The first-order chi connectivity index (χ1) is 13.6. The van der Waals surface area contributed by atoms with Gasteiger partial charge in [0.2, 0.25) is 0 Å². The third kappa shape index (κ3) is 4.82. The van der Waals surface area contributed by atoms with E-state index in [-0.39, 0.29) is 5.56 Å². The minimum Gasteiger partial charge on any atom is -0.495 e. The lowest BCUT2D eigenvalue weighted by Gasteiger charge is -2.15. The van der Waals surface area contributed by atoms with Gasteiger partial charge in [-0.15, -0.1) is 0 Å². The normalized spacial score (nSPS) is 10.4. The summed E-state index contributed by atoms with van der Waals surface area (Å²) in [4.78, 5) is 11.2. The third-order valence-corrected chi connectivity index (χ3v) is 4.40. The predicted molar refractivity (Wildman–Crippen MR) is 109 cm³/mol. The quantitative estimate of drug-likeness (QED) is 0.585. The summed E-state index contributed by atoms with van der Waals surface area (Å²) in [6.45, 7) is 3.01. The number of benzene rings is 3. The molecule has 144 valence electrons. The third-order valence-electron chi connectivity index (χ3n) is 4.40. The van der Waals surface area contributed by atoms with E-state index in [0.717, 1.165) is 16.9 Å². The van der Waals surface area contributed by atoms with Gasteiger partial charge in [0.1, 0.15) is 18.1 Å². The highest BCUT2D eigenvalue weighted by Crippen LogP contribution is 2.27. The molecule has 0 fully saturated rings. The van der Waals surface area contributed by atoms with Crippen molar-refractivity contribution in [2.24, 2.45) is 0 Å². The highest BCUT2D eigenvalue weighted by Gasteiger charge is 2.10. The number of hydrogen-bond acceptors (Lipinski definition) is 4. The lowest BCUT2D eigenvalue weighted by atomic mass is 10.1. The number of hydrogen-bond donors (Lipinski definition) is 2. The smallest absolute Gasteiger partial charge is 0.335 e. The molecule has 0 aliphatic rings. The molecule has 0 aliphatic heterocycles. The summed E-state index contributed by atoms with van der Waals surface area (Å²) in [5.41, 5.74) is 4.11. The SMILES string of the molecule is COc1ccc(C(=O)O)cc1NCc1ccccc1OCc1ccc(C)cc1. The summed E-state index contributed by atoms with van der Waals surface area (Å²) >= 11 is 0. The van der Waals surface area contributed by atoms with Gasteiger partial charge in [-0.05, 0) is 36.8 Å². The van der Waals surface area contributed by atoms with Crippen molar-refractivity contribution in [3.8, 4) is 11.5 Å². The number of rotatable bonds is 8. The van der Waals surface area contributed by atoms with Crippen molar-refractivity contribution >= 4 is 11.7 Å². The van der Waals surface area contributed by atoms with E-state index in [1.807, 2.05) is 24.3 Å². The molecule has 3 aromatic carbocycles. The molecular weight excluding hydrogens is 354 g/mol. The Morgan fingerprint density at radius 2 is 1.75 bits per heavy atom. The molecule has 5 nitrogen and oxygen atoms in total. The number of aromatic carboxylic acids is 1. The summed E-state index contributed by atoms with van der Waals surface area (Å²) in [5, 5.41) is 12.5. The first-order valence-corrected chi connectivity index (χ1v) is 8.98. The maximum absolute atomic E-state index is 11.2. The largest absolute Gasteiger partial charge is 0.495 e. The van der Waals surface area contributed by atoms with E-state index in [9.17, 15) is 9.90 Å². The van der Waals surface area contributed by atoms with Crippen molar-refractivity contribution < 1.29 is 19.4 Å². The monoisotopic (exact) mass is 377 g/mol. The number of nitrogens with one attached hydrogen (secondary N) is 1. The minimum absolute atomic E-state index is 0.201. The maximum atomic E-state index is 11.2. The Morgan fingerprint density at radius 1 is 1.00 bits per heavy atom. The molecule has 3 aromatic rings. The van der Waals surface area contributed by atoms with Gasteiger partial charge in [0.15, 0.2) is 0 Å². The van der Waals surface area contributed by atoms with Gasteiger partial charge in [-0.25, -0.2) is 4.79 Å². The molecule has 0 heterocycles. The van der Waals surface area contributed by atoms with E-state index in [4.69, 9.17) is 9.47 Å². The van der Waals surface area contributed by atoms with Crippen LogP contribution in [0.15, 0.2) is 66.7 Å². The van der Waals surface area contributed by atoms with Gasteiger partial charge in [0.25, 0.3) is 0 Å². The Balaban J connectivity index is 1.72. The first-order valence-electron chi connectivity index (χ1n) is 8.98. The van der Waals surface area contributed by atoms with E-state index in [1.54, 1.807) is 19.2 Å². The van der Waals surface area contributed by atoms with Crippen molar-refractivity contribution in [1.29, 1.82) is 0 Å². The molecule has 28 heavy (non-hydrogen) atoms. The average molecular weight is 377 g/mol. The lowest BCUT2D eigenvalue weighted by molar-refractivity contribution is 0.0697. The van der Waals surface area contributed by atoms with Crippen molar-refractivity contribution in [2.75, 3.05) is 12.4 Å². The summed E-state index contributed by atoms with van der Waals surface area (Å²) in [5.74, 6) is 0.388. The van der Waals surface area contributed by atoms with Gasteiger partial charge in [0.05, 0.1) is 18.4 Å².